The van der Waals surface area contributed by atoms with Crippen LogP contribution in [0.1, 0.15) is 11.5 Å². The summed E-state index contributed by atoms with van der Waals surface area (Å²) in [6.45, 7) is 3.73. The fourth-order valence-corrected chi connectivity index (χ4v) is 1.21. The van der Waals surface area contributed by atoms with Crippen molar-refractivity contribution in [2.75, 3.05) is 5.75 Å². The highest BCUT2D eigenvalue weighted by atomic mass is 32.2. The molecule has 3 nitrogen and oxygen atoms in total. The Morgan fingerprint density at radius 2 is 2.36 bits per heavy atom. The molecule has 1 aromatic rings. The molecule has 1 rings (SSSR count). The minimum absolute atomic E-state index is 0.402. The molecule has 0 N–H and O–H groups in total. The Bertz CT molecular complexity index is 237. The maximum Gasteiger partial charge on any atom is 0.256 e. The molecule has 0 atom stereocenters. The van der Waals surface area contributed by atoms with Crippen molar-refractivity contribution in [3.05, 3.63) is 11.5 Å². The van der Waals surface area contributed by atoms with E-state index in [1.54, 1.807) is 0 Å². The first kappa shape index (κ1) is 8.33. The lowest BCUT2D eigenvalue weighted by atomic mass is 10.4. The monoisotopic (exact) mass is 171 g/mol. The Balaban J connectivity index is 2.64. The van der Waals surface area contributed by atoms with Crippen molar-refractivity contribution in [2.45, 2.75) is 19.1 Å². The summed E-state index contributed by atoms with van der Waals surface area (Å²) in [5, 5.41) is 0.576. The third-order valence-corrected chi connectivity index (χ3v) is 2.01. The molecule has 60 valence electrons. The SMILES string of the molecule is Cc1nc(SCC=O)oc1C. The maximum atomic E-state index is 9.98. The van der Waals surface area contributed by atoms with E-state index < -0.39 is 0 Å². The molecule has 0 aliphatic carbocycles. The molecule has 0 aliphatic rings. The smallest absolute Gasteiger partial charge is 0.256 e. The highest BCUT2D eigenvalue weighted by Crippen LogP contribution is 2.18. The van der Waals surface area contributed by atoms with Crippen LogP contribution in [0, 0.1) is 13.8 Å². The van der Waals surface area contributed by atoms with Gasteiger partial charge in [0.15, 0.2) is 0 Å². The van der Waals surface area contributed by atoms with Crippen LogP contribution in [-0.2, 0) is 4.79 Å². The van der Waals surface area contributed by atoms with E-state index in [0.29, 0.717) is 11.0 Å². The van der Waals surface area contributed by atoms with Crippen LogP contribution in [0.25, 0.3) is 0 Å². The van der Waals surface area contributed by atoms with E-state index in [1.807, 2.05) is 13.8 Å². The van der Waals surface area contributed by atoms with Crippen LogP contribution in [0.5, 0.6) is 0 Å². The number of carbonyl (C=O) groups excluding carboxylic acids is 1. The highest BCUT2D eigenvalue weighted by molar-refractivity contribution is 7.99. The highest BCUT2D eigenvalue weighted by Gasteiger charge is 2.04. The van der Waals surface area contributed by atoms with Gasteiger partial charge in [0.1, 0.15) is 12.0 Å². The Hall–Kier alpha value is -0.770. The van der Waals surface area contributed by atoms with Gasteiger partial charge in [-0.1, -0.05) is 11.8 Å². The van der Waals surface area contributed by atoms with Crippen LogP contribution in [-0.4, -0.2) is 17.0 Å². The Morgan fingerprint density at radius 3 is 2.82 bits per heavy atom. The van der Waals surface area contributed by atoms with E-state index in [2.05, 4.69) is 4.98 Å². The quantitative estimate of drug-likeness (QED) is 0.511. The summed E-state index contributed by atoms with van der Waals surface area (Å²) in [4.78, 5) is 14.1. The molecule has 0 saturated heterocycles. The minimum atomic E-state index is 0.402. The molecular formula is C7H9NO2S. The van der Waals surface area contributed by atoms with Crippen LogP contribution in [0.15, 0.2) is 9.64 Å². The predicted octanol–water partition coefficient (Wildman–Crippen LogP) is 1.58. The van der Waals surface area contributed by atoms with E-state index in [9.17, 15) is 4.79 Å². The lowest BCUT2D eigenvalue weighted by molar-refractivity contribution is -0.105. The third kappa shape index (κ3) is 2.08. The molecule has 0 spiro atoms. The first-order valence-corrected chi connectivity index (χ1v) is 4.23. The number of thioether (sulfide) groups is 1. The number of aldehydes is 1. The van der Waals surface area contributed by atoms with Gasteiger partial charge < -0.3 is 9.21 Å². The van der Waals surface area contributed by atoms with Crippen molar-refractivity contribution in [3.63, 3.8) is 0 Å². The number of hydrogen-bond acceptors (Lipinski definition) is 4. The van der Waals surface area contributed by atoms with Crippen molar-refractivity contribution in [3.8, 4) is 0 Å². The normalized spacial score (nSPS) is 10.0. The molecule has 0 radical (unpaired) electrons. The number of oxazole rings is 1. The first-order valence-electron chi connectivity index (χ1n) is 3.24. The average Bonchev–Trinajstić information content (AvgIpc) is 2.28. The summed E-state index contributed by atoms with van der Waals surface area (Å²) in [7, 11) is 0. The average molecular weight is 171 g/mol. The predicted molar refractivity (Wildman–Crippen MR) is 42.8 cm³/mol. The zero-order valence-electron chi connectivity index (χ0n) is 6.46. The van der Waals surface area contributed by atoms with Gasteiger partial charge >= 0.3 is 0 Å². The van der Waals surface area contributed by atoms with Gasteiger partial charge in [-0.3, -0.25) is 0 Å². The van der Waals surface area contributed by atoms with Crippen LogP contribution in [0.3, 0.4) is 0 Å². The molecule has 0 amide bonds. The van der Waals surface area contributed by atoms with E-state index in [4.69, 9.17) is 4.42 Å². The van der Waals surface area contributed by atoms with Crippen LogP contribution in [0.2, 0.25) is 0 Å². The molecule has 0 saturated carbocycles. The molecular weight excluding hydrogens is 162 g/mol. The van der Waals surface area contributed by atoms with Gasteiger partial charge in [0.05, 0.1) is 11.4 Å². The molecule has 11 heavy (non-hydrogen) atoms. The van der Waals surface area contributed by atoms with Gasteiger partial charge in [-0.05, 0) is 13.8 Å². The zero-order valence-corrected chi connectivity index (χ0v) is 7.27. The summed E-state index contributed by atoms with van der Waals surface area (Å²) in [6.07, 6.45) is 0.833. The minimum Gasteiger partial charge on any atom is -0.437 e. The van der Waals surface area contributed by atoms with Gasteiger partial charge in [0.25, 0.3) is 5.22 Å². The van der Waals surface area contributed by atoms with E-state index >= 15 is 0 Å². The molecule has 0 unspecified atom stereocenters. The molecule has 4 heteroatoms. The third-order valence-electron chi connectivity index (χ3n) is 1.28. The second kappa shape index (κ2) is 3.57. The molecule has 1 heterocycles. The van der Waals surface area contributed by atoms with E-state index in [1.165, 1.54) is 11.8 Å². The molecule has 0 aliphatic heterocycles. The van der Waals surface area contributed by atoms with Gasteiger partial charge in [-0.2, -0.15) is 0 Å². The molecule has 0 aromatic carbocycles. The van der Waals surface area contributed by atoms with Crippen LogP contribution < -0.4 is 0 Å². The number of hydrogen-bond donors (Lipinski definition) is 0. The van der Waals surface area contributed by atoms with Crippen molar-refractivity contribution in [1.29, 1.82) is 0 Å². The number of aryl methyl sites for hydroxylation is 2. The molecule has 1 aromatic heterocycles. The largest absolute Gasteiger partial charge is 0.437 e. The Kier molecular flexibility index (Phi) is 2.70. The van der Waals surface area contributed by atoms with Crippen molar-refractivity contribution in [2.24, 2.45) is 0 Å². The topological polar surface area (TPSA) is 43.1 Å². The second-order valence-corrected chi connectivity index (χ2v) is 3.07. The van der Waals surface area contributed by atoms with Crippen molar-refractivity contribution >= 4 is 18.0 Å². The summed E-state index contributed by atoms with van der Waals surface area (Å²) in [5.74, 6) is 1.22. The summed E-state index contributed by atoms with van der Waals surface area (Å²) < 4.78 is 5.21. The van der Waals surface area contributed by atoms with Gasteiger partial charge in [0, 0.05) is 0 Å². The first-order chi connectivity index (χ1) is 5.24. The van der Waals surface area contributed by atoms with Crippen LogP contribution in [0.4, 0.5) is 0 Å². The number of aromatic nitrogens is 1. The molecule has 0 fully saturated rings. The lowest BCUT2D eigenvalue weighted by Crippen LogP contribution is -1.78. The number of rotatable bonds is 3. The standard InChI is InChI=1S/C7H9NO2S/c1-5-6(2)10-7(8-5)11-4-3-9/h3H,4H2,1-2H3. The summed E-state index contributed by atoms with van der Waals surface area (Å²) in [6, 6.07) is 0. The zero-order chi connectivity index (χ0) is 8.27. The second-order valence-electron chi connectivity index (χ2n) is 2.10. The fraction of sp³-hybridized carbons (Fsp3) is 0.429. The fourth-order valence-electron chi connectivity index (χ4n) is 0.610. The number of nitrogens with zero attached hydrogens (tertiary/aromatic N) is 1. The van der Waals surface area contributed by atoms with Gasteiger partial charge in [0.2, 0.25) is 0 Å². The van der Waals surface area contributed by atoms with Crippen molar-refractivity contribution in [1.82, 2.24) is 4.98 Å². The Morgan fingerprint density at radius 1 is 1.64 bits per heavy atom. The Labute approximate surface area is 69.2 Å². The van der Waals surface area contributed by atoms with Crippen LogP contribution >= 0.6 is 11.8 Å². The summed E-state index contributed by atoms with van der Waals surface area (Å²) >= 11 is 1.31. The summed E-state index contributed by atoms with van der Waals surface area (Å²) in [5.41, 5.74) is 0.887. The van der Waals surface area contributed by atoms with Gasteiger partial charge in [-0.25, -0.2) is 4.98 Å². The maximum absolute atomic E-state index is 9.98. The van der Waals surface area contributed by atoms with Gasteiger partial charge in [-0.15, -0.1) is 0 Å². The number of carbonyl (C=O) groups is 1. The molecule has 0 bridgehead atoms. The lowest BCUT2D eigenvalue weighted by Gasteiger charge is -1.84. The van der Waals surface area contributed by atoms with E-state index in [-0.39, 0.29) is 0 Å². The van der Waals surface area contributed by atoms with E-state index in [0.717, 1.165) is 17.7 Å². The van der Waals surface area contributed by atoms with Crippen molar-refractivity contribution < 1.29 is 9.21 Å².